The van der Waals surface area contributed by atoms with Gasteiger partial charge in [0.2, 0.25) is 0 Å². The van der Waals surface area contributed by atoms with Crippen LogP contribution in [0.1, 0.15) is 10.5 Å². The maximum absolute atomic E-state index is 13.9. The van der Waals surface area contributed by atoms with E-state index in [9.17, 15) is 9.18 Å². The molecule has 0 saturated heterocycles. The zero-order valence-corrected chi connectivity index (χ0v) is 13.9. The first-order valence-corrected chi connectivity index (χ1v) is 8.02. The summed E-state index contributed by atoms with van der Waals surface area (Å²) in [4.78, 5) is 21.1. The lowest BCUT2D eigenvalue weighted by atomic mass is 10.2. The molecule has 5 nitrogen and oxygen atoms in total. The Morgan fingerprint density at radius 2 is 1.81 bits per heavy atom. The van der Waals surface area contributed by atoms with Crippen molar-refractivity contribution in [2.45, 2.75) is 0 Å². The third-order valence-corrected chi connectivity index (χ3v) is 3.53. The highest BCUT2D eigenvalue weighted by Crippen LogP contribution is 2.22. The molecule has 0 fully saturated rings. The van der Waals surface area contributed by atoms with Crippen LogP contribution in [-0.4, -0.2) is 22.4 Å². The molecule has 0 aliphatic carbocycles. The zero-order valence-electron chi connectivity index (χ0n) is 13.9. The molecule has 0 aliphatic rings. The van der Waals surface area contributed by atoms with Crippen molar-refractivity contribution in [3.05, 3.63) is 84.8 Å². The van der Waals surface area contributed by atoms with E-state index in [2.05, 4.69) is 27.2 Å². The van der Waals surface area contributed by atoms with E-state index in [1.54, 1.807) is 24.3 Å². The molecule has 1 amide bonds. The minimum Gasteiger partial charge on any atom is -0.347 e. The molecule has 0 radical (unpaired) electrons. The predicted octanol–water partition coefficient (Wildman–Crippen LogP) is 3.94. The first-order valence-electron chi connectivity index (χ1n) is 8.02. The number of anilines is 2. The average molecular weight is 348 g/mol. The number of aromatic nitrogens is 2. The summed E-state index contributed by atoms with van der Waals surface area (Å²) in [6, 6.07) is 17.0. The highest BCUT2D eigenvalue weighted by atomic mass is 19.1. The van der Waals surface area contributed by atoms with Gasteiger partial charge in [-0.25, -0.2) is 14.4 Å². The molecule has 0 aliphatic heterocycles. The quantitative estimate of drug-likeness (QED) is 0.662. The van der Waals surface area contributed by atoms with Gasteiger partial charge in [-0.2, -0.15) is 0 Å². The van der Waals surface area contributed by atoms with E-state index in [0.717, 1.165) is 5.56 Å². The molecule has 2 N–H and O–H groups in total. The number of nitrogens with zero attached hydrogens (tertiary/aromatic N) is 2. The Morgan fingerprint density at radius 3 is 2.54 bits per heavy atom. The van der Waals surface area contributed by atoms with Gasteiger partial charge in [0.25, 0.3) is 5.91 Å². The van der Waals surface area contributed by atoms with Crippen LogP contribution in [0.25, 0.3) is 11.4 Å². The maximum atomic E-state index is 13.9. The van der Waals surface area contributed by atoms with Crippen LogP contribution in [0.2, 0.25) is 0 Å². The Balaban J connectivity index is 2.01. The van der Waals surface area contributed by atoms with Gasteiger partial charge in [0.15, 0.2) is 5.82 Å². The number of benzene rings is 2. The number of rotatable bonds is 6. The summed E-state index contributed by atoms with van der Waals surface area (Å²) in [6.45, 7) is 3.89. The molecule has 3 rings (SSSR count). The SMILES string of the molecule is C=CCNC(=O)c1cc(Nc2ccccc2F)nc(-c2ccccc2)n1. The summed E-state index contributed by atoms with van der Waals surface area (Å²) in [5, 5.41) is 5.59. The maximum Gasteiger partial charge on any atom is 0.270 e. The highest BCUT2D eigenvalue weighted by molar-refractivity contribution is 5.93. The second-order valence-electron chi connectivity index (χ2n) is 5.43. The molecular weight excluding hydrogens is 331 g/mol. The molecule has 130 valence electrons. The lowest BCUT2D eigenvalue weighted by molar-refractivity contribution is 0.0953. The van der Waals surface area contributed by atoms with E-state index in [1.807, 2.05) is 30.3 Å². The van der Waals surface area contributed by atoms with Gasteiger partial charge in [-0.1, -0.05) is 48.5 Å². The smallest absolute Gasteiger partial charge is 0.270 e. The molecule has 2 aromatic carbocycles. The van der Waals surface area contributed by atoms with Crippen LogP contribution in [0.15, 0.2) is 73.3 Å². The molecule has 1 heterocycles. The Hall–Kier alpha value is -3.54. The van der Waals surface area contributed by atoms with Gasteiger partial charge in [-0.15, -0.1) is 6.58 Å². The molecule has 0 spiro atoms. The summed E-state index contributed by atoms with van der Waals surface area (Å²) in [6.07, 6.45) is 1.58. The van der Waals surface area contributed by atoms with Crippen LogP contribution in [0.4, 0.5) is 15.9 Å². The summed E-state index contributed by atoms with van der Waals surface area (Å²) < 4.78 is 13.9. The van der Waals surface area contributed by atoms with E-state index in [1.165, 1.54) is 12.1 Å². The van der Waals surface area contributed by atoms with Crippen LogP contribution >= 0.6 is 0 Å². The summed E-state index contributed by atoms with van der Waals surface area (Å²) in [5.74, 6) is -0.0745. The van der Waals surface area contributed by atoms with Gasteiger partial charge in [-0.3, -0.25) is 4.79 Å². The topological polar surface area (TPSA) is 66.9 Å². The first-order chi connectivity index (χ1) is 12.7. The van der Waals surface area contributed by atoms with Gasteiger partial charge in [0.05, 0.1) is 5.69 Å². The number of nitrogens with one attached hydrogen (secondary N) is 2. The van der Waals surface area contributed by atoms with Crippen molar-refractivity contribution in [3.8, 4) is 11.4 Å². The number of amides is 1. The molecule has 1 aromatic heterocycles. The number of carbonyl (C=O) groups is 1. The normalized spacial score (nSPS) is 10.2. The number of para-hydroxylation sites is 1. The van der Waals surface area contributed by atoms with E-state index < -0.39 is 5.82 Å². The molecule has 26 heavy (non-hydrogen) atoms. The van der Waals surface area contributed by atoms with Crippen molar-refractivity contribution < 1.29 is 9.18 Å². The third-order valence-electron chi connectivity index (χ3n) is 3.53. The second-order valence-corrected chi connectivity index (χ2v) is 5.43. The van der Waals surface area contributed by atoms with Crippen molar-refractivity contribution in [3.63, 3.8) is 0 Å². The molecule has 0 bridgehead atoms. The summed E-state index contributed by atoms with van der Waals surface area (Å²) in [5.41, 5.74) is 1.20. The second kappa shape index (κ2) is 8.02. The van der Waals surface area contributed by atoms with Gasteiger partial charge in [0.1, 0.15) is 17.3 Å². The van der Waals surface area contributed by atoms with E-state index >= 15 is 0 Å². The van der Waals surface area contributed by atoms with Gasteiger partial charge >= 0.3 is 0 Å². The fourth-order valence-electron chi connectivity index (χ4n) is 2.30. The predicted molar refractivity (Wildman–Crippen MR) is 99.7 cm³/mol. The van der Waals surface area contributed by atoms with E-state index in [4.69, 9.17) is 0 Å². The third kappa shape index (κ3) is 4.10. The van der Waals surface area contributed by atoms with E-state index in [0.29, 0.717) is 18.2 Å². The van der Waals surface area contributed by atoms with Crippen molar-refractivity contribution in [2.24, 2.45) is 0 Å². The number of halogens is 1. The lowest BCUT2D eigenvalue weighted by Crippen LogP contribution is -2.24. The largest absolute Gasteiger partial charge is 0.347 e. The van der Waals surface area contributed by atoms with E-state index in [-0.39, 0.29) is 17.3 Å². The Kier molecular flexibility index (Phi) is 5.34. The Bertz CT molecular complexity index is 928. The first kappa shape index (κ1) is 17.3. The summed E-state index contributed by atoms with van der Waals surface area (Å²) in [7, 11) is 0. The number of hydrogen-bond donors (Lipinski definition) is 2. The Morgan fingerprint density at radius 1 is 1.08 bits per heavy atom. The molecule has 6 heteroatoms. The fraction of sp³-hybridized carbons (Fsp3) is 0.0500. The van der Waals surface area contributed by atoms with Crippen molar-refractivity contribution in [1.82, 2.24) is 15.3 Å². The van der Waals surface area contributed by atoms with Gasteiger partial charge < -0.3 is 10.6 Å². The van der Waals surface area contributed by atoms with Gasteiger partial charge in [-0.05, 0) is 12.1 Å². The molecule has 0 saturated carbocycles. The molecule has 0 atom stereocenters. The minimum atomic E-state index is -0.412. The van der Waals surface area contributed by atoms with Crippen LogP contribution in [0.3, 0.4) is 0 Å². The number of carbonyl (C=O) groups excluding carboxylic acids is 1. The fourth-order valence-corrected chi connectivity index (χ4v) is 2.30. The standard InChI is InChI=1S/C20H17FN4O/c1-2-12-22-20(26)17-13-18(23-16-11-7-6-10-15(16)21)25-19(24-17)14-8-4-3-5-9-14/h2-11,13H,1,12H2,(H,22,26)(H,23,24,25). The summed E-state index contributed by atoms with van der Waals surface area (Å²) >= 11 is 0. The van der Waals surface area contributed by atoms with Crippen LogP contribution in [-0.2, 0) is 0 Å². The zero-order chi connectivity index (χ0) is 18.4. The lowest BCUT2D eigenvalue weighted by Gasteiger charge is -2.11. The van der Waals surface area contributed by atoms with Crippen LogP contribution < -0.4 is 10.6 Å². The molecular formula is C20H17FN4O. The van der Waals surface area contributed by atoms with Gasteiger partial charge in [0, 0.05) is 18.2 Å². The average Bonchev–Trinajstić information content (AvgIpc) is 2.68. The van der Waals surface area contributed by atoms with Crippen LogP contribution in [0, 0.1) is 5.82 Å². The monoisotopic (exact) mass is 348 g/mol. The van der Waals surface area contributed by atoms with Crippen molar-refractivity contribution in [1.29, 1.82) is 0 Å². The van der Waals surface area contributed by atoms with Crippen molar-refractivity contribution >= 4 is 17.4 Å². The molecule has 0 unspecified atom stereocenters. The minimum absolute atomic E-state index is 0.180. The molecule has 3 aromatic rings. The Labute approximate surface area is 150 Å². The van der Waals surface area contributed by atoms with Crippen molar-refractivity contribution in [2.75, 3.05) is 11.9 Å². The highest BCUT2D eigenvalue weighted by Gasteiger charge is 2.13. The van der Waals surface area contributed by atoms with Crippen LogP contribution in [0.5, 0.6) is 0 Å². The number of hydrogen-bond acceptors (Lipinski definition) is 4.